The van der Waals surface area contributed by atoms with Crippen LogP contribution in [0.15, 0.2) is 0 Å². The van der Waals surface area contributed by atoms with Crippen molar-refractivity contribution in [1.29, 1.82) is 0 Å². The highest BCUT2D eigenvalue weighted by molar-refractivity contribution is 4.50. The fourth-order valence-corrected chi connectivity index (χ4v) is 3.25. The van der Waals surface area contributed by atoms with E-state index >= 15 is 0 Å². The second kappa shape index (κ2) is 20.0. The molecule has 0 fully saturated rings. The smallest absolute Gasteiger partial charge is 0.0782 e. The molecule has 1 nitrogen and oxygen atoms in total. The first-order valence-corrected chi connectivity index (χ1v) is 10.9. The van der Waals surface area contributed by atoms with Crippen LogP contribution in [0.5, 0.6) is 0 Å². The standard InChI is InChI=1S/C22H48N.HI/c1-5-7-8-9-10-11-12-13-14-15-16-17-18-19-20-21-22-23(3,4)6-2;/h5-22H2,1-4H3;1H/q+1;/p-1. The SMILES string of the molecule is CCCCCCCCCCCCCCCCCC[N+](C)(C)CC.[I-]. The maximum Gasteiger partial charge on any atom is 0.0782 e. The number of nitrogens with zero attached hydrogens (tertiary/aromatic N) is 1. The molecule has 0 aliphatic rings. The van der Waals surface area contributed by atoms with Crippen molar-refractivity contribution in [3.8, 4) is 0 Å². The van der Waals surface area contributed by atoms with Crippen molar-refractivity contribution >= 4 is 0 Å². The molecule has 0 aromatic carbocycles. The highest BCUT2D eigenvalue weighted by Gasteiger charge is 2.09. The first-order chi connectivity index (χ1) is 11.1. The van der Waals surface area contributed by atoms with Crippen LogP contribution in [-0.2, 0) is 0 Å². The average Bonchev–Trinajstić information content (AvgIpc) is 2.54. The van der Waals surface area contributed by atoms with E-state index < -0.39 is 0 Å². The zero-order chi connectivity index (χ0) is 17.2. The van der Waals surface area contributed by atoms with Gasteiger partial charge in [-0.2, -0.15) is 0 Å². The highest BCUT2D eigenvalue weighted by Crippen LogP contribution is 2.14. The molecular weight excluding hydrogens is 405 g/mol. The van der Waals surface area contributed by atoms with Crippen LogP contribution in [-0.4, -0.2) is 31.7 Å². The molecule has 0 bridgehead atoms. The monoisotopic (exact) mass is 453 g/mol. The van der Waals surface area contributed by atoms with Crippen molar-refractivity contribution in [1.82, 2.24) is 0 Å². The van der Waals surface area contributed by atoms with Crippen molar-refractivity contribution in [2.24, 2.45) is 0 Å². The topological polar surface area (TPSA) is 0 Å². The van der Waals surface area contributed by atoms with Crippen LogP contribution in [0.4, 0.5) is 0 Å². The first kappa shape index (κ1) is 26.9. The molecule has 0 saturated carbocycles. The number of unbranched alkanes of at least 4 members (excludes halogenated alkanes) is 15. The zero-order valence-corrected chi connectivity index (χ0v) is 19.7. The van der Waals surface area contributed by atoms with Crippen LogP contribution in [0.25, 0.3) is 0 Å². The number of halogens is 1. The van der Waals surface area contributed by atoms with Crippen molar-refractivity contribution in [2.45, 2.75) is 117 Å². The van der Waals surface area contributed by atoms with Gasteiger partial charge in [0.1, 0.15) is 0 Å². The molecule has 0 heterocycles. The van der Waals surface area contributed by atoms with E-state index in [9.17, 15) is 0 Å². The third-order valence-electron chi connectivity index (χ3n) is 5.47. The predicted octanol–water partition coefficient (Wildman–Crippen LogP) is 4.35. The van der Waals surface area contributed by atoms with E-state index in [4.69, 9.17) is 0 Å². The molecule has 0 saturated heterocycles. The second-order valence-electron chi connectivity index (χ2n) is 8.28. The molecule has 0 spiro atoms. The molecule has 24 heavy (non-hydrogen) atoms. The quantitative estimate of drug-likeness (QED) is 0.165. The van der Waals surface area contributed by atoms with Gasteiger partial charge in [0.2, 0.25) is 0 Å². The lowest BCUT2D eigenvalue weighted by atomic mass is 10.0. The van der Waals surface area contributed by atoms with Gasteiger partial charge in [-0.3, -0.25) is 0 Å². The Morgan fingerprint density at radius 1 is 0.458 bits per heavy atom. The summed E-state index contributed by atoms with van der Waals surface area (Å²) in [6.45, 7) is 7.21. The first-order valence-electron chi connectivity index (χ1n) is 10.9. The lowest BCUT2D eigenvalue weighted by molar-refractivity contribution is -0.888. The van der Waals surface area contributed by atoms with E-state index in [1.807, 2.05) is 0 Å². The summed E-state index contributed by atoms with van der Waals surface area (Å²) in [6.07, 6.45) is 23.4. The van der Waals surface area contributed by atoms with Crippen molar-refractivity contribution in [3.05, 3.63) is 0 Å². The maximum absolute atomic E-state index is 2.35. The van der Waals surface area contributed by atoms with E-state index in [0.717, 1.165) is 0 Å². The lowest BCUT2D eigenvalue weighted by Gasteiger charge is -2.28. The fourth-order valence-electron chi connectivity index (χ4n) is 3.25. The van der Waals surface area contributed by atoms with Crippen molar-refractivity contribution < 1.29 is 28.5 Å². The van der Waals surface area contributed by atoms with Gasteiger partial charge in [-0.15, -0.1) is 0 Å². The van der Waals surface area contributed by atoms with Gasteiger partial charge in [0, 0.05) is 0 Å². The van der Waals surface area contributed by atoms with E-state index in [2.05, 4.69) is 27.9 Å². The molecule has 0 aliphatic carbocycles. The third kappa shape index (κ3) is 20.7. The van der Waals surface area contributed by atoms with Gasteiger partial charge >= 0.3 is 0 Å². The summed E-state index contributed by atoms with van der Waals surface area (Å²) < 4.78 is 1.19. The Bertz CT molecular complexity index is 228. The van der Waals surface area contributed by atoms with Crippen LogP contribution in [0.2, 0.25) is 0 Å². The van der Waals surface area contributed by atoms with Crippen LogP contribution in [0.1, 0.15) is 117 Å². The van der Waals surface area contributed by atoms with Gasteiger partial charge in [0.25, 0.3) is 0 Å². The minimum atomic E-state index is 0. The summed E-state index contributed by atoms with van der Waals surface area (Å²) in [6, 6.07) is 0. The summed E-state index contributed by atoms with van der Waals surface area (Å²) in [4.78, 5) is 0. The van der Waals surface area contributed by atoms with Gasteiger partial charge in [0.05, 0.1) is 27.2 Å². The molecule has 0 unspecified atom stereocenters. The second-order valence-corrected chi connectivity index (χ2v) is 8.28. The molecule has 148 valence electrons. The van der Waals surface area contributed by atoms with Gasteiger partial charge in [0.15, 0.2) is 0 Å². The van der Waals surface area contributed by atoms with E-state index in [-0.39, 0.29) is 24.0 Å². The number of hydrogen-bond donors (Lipinski definition) is 0. The molecule has 0 N–H and O–H groups in total. The van der Waals surface area contributed by atoms with E-state index in [1.165, 1.54) is 120 Å². The largest absolute Gasteiger partial charge is 1.00 e. The minimum Gasteiger partial charge on any atom is -1.00 e. The van der Waals surface area contributed by atoms with Gasteiger partial charge in [-0.05, 0) is 19.8 Å². The highest BCUT2D eigenvalue weighted by atomic mass is 127. The Labute approximate surface area is 172 Å². The normalized spacial score (nSPS) is 11.5. The Kier molecular flexibility index (Phi) is 22.4. The maximum atomic E-state index is 2.35. The molecule has 0 aliphatic heterocycles. The van der Waals surface area contributed by atoms with Gasteiger partial charge in [-0.1, -0.05) is 96.8 Å². The van der Waals surface area contributed by atoms with E-state index in [1.54, 1.807) is 0 Å². The molecule has 2 heteroatoms. The van der Waals surface area contributed by atoms with E-state index in [0.29, 0.717) is 0 Å². The lowest BCUT2D eigenvalue weighted by Crippen LogP contribution is -3.00. The summed E-state index contributed by atoms with van der Waals surface area (Å²) >= 11 is 0. The third-order valence-corrected chi connectivity index (χ3v) is 5.47. The summed E-state index contributed by atoms with van der Waals surface area (Å²) in [5, 5.41) is 0. The van der Waals surface area contributed by atoms with Gasteiger partial charge < -0.3 is 28.5 Å². The molecule has 0 aromatic rings. The Balaban J connectivity index is 0. The molecular formula is C22H48IN. The molecule has 0 radical (unpaired) electrons. The molecule has 0 amide bonds. The Hall–Kier alpha value is 0.690. The van der Waals surface area contributed by atoms with Crippen LogP contribution in [0.3, 0.4) is 0 Å². The zero-order valence-electron chi connectivity index (χ0n) is 17.6. The molecule has 0 aromatic heterocycles. The van der Waals surface area contributed by atoms with Gasteiger partial charge in [-0.25, -0.2) is 0 Å². The van der Waals surface area contributed by atoms with Crippen molar-refractivity contribution in [3.63, 3.8) is 0 Å². The number of rotatable bonds is 18. The fraction of sp³-hybridized carbons (Fsp3) is 1.00. The Morgan fingerprint density at radius 3 is 1.04 bits per heavy atom. The number of hydrogen-bond acceptors (Lipinski definition) is 0. The molecule has 0 rings (SSSR count). The van der Waals surface area contributed by atoms with Crippen LogP contribution < -0.4 is 24.0 Å². The summed E-state index contributed by atoms with van der Waals surface area (Å²) in [7, 11) is 4.70. The Morgan fingerprint density at radius 2 is 0.750 bits per heavy atom. The van der Waals surface area contributed by atoms with Crippen molar-refractivity contribution in [2.75, 3.05) is 27.2 Å². The summed E-state index contributed by atoms with van der Waals surface area (Å²) in [5.41, 5.74) is 0. The summed E-state index contributed by atoms with van der Waals surface area (Å²) in [5.74, 6) is 0. The van der Waals surface area contributed by atoms with Crippen LogP contribution in [0, 0.1) is 0 Å². The van der Waals surface area contributed by atoms with Crippen LogP contribution >= 0.6 is 0 Å². The average molecular weight is 454 g/mol. The number of quaternary nitrogens is 1. The molecule has 0 atom stereocenters. The minimum absolute atomic E-state index is 0. The predicted molar refractivity (Wildman–Crippen MR) is 107 cm³/mol.